The fourth-order valence-corrected chi connectivity index (χ4v) is 3.38. The van der Waals surface area contributed by atoms with Crippen LogP contribution in [0.4, 0.5) is 13.2 Å². The van der Waals surface area contributed by atoms with Crippen molar-refractivity contribution in [2.45, 2.75) is 18.2 Å². The topological polar surface area (TPSA) is 64.7 Å². The molecular formula is C17H10Cl3F3N2O2. The number of carbonyl (C=O) groups is 1. The van der Waals surface area contributed by atoms with Gasteiger partial charge in [0, 0.05) is 23.1 Å². The van der Waals surface area contributed by atoms with Gasteiger partial charge >= 0.3 is 6.18 Å². The van der Waals surface area contributed by atoms with Crippen LogP contribution in [0.5, 0.6) is 0 Å². The van der Waals surface area contributed by atoms with Crippen molar-refractivity contribution in [3.05, 3.63) is 68.2 Å². The number of benzene rings is 2. The number of hydrogen-bond acceptors (Lipinski definition) is 3. The maximum atomic E-state index is 14.0. The molecule has 142 valence electrons. The van der Waals surface area contributed by atoms with Gasteiger partial charge in [-0.15, -0.1) is 0 Å². The molecule has 2 aromatic rings. The van der Waals surface area contributed by atoms with E-state index in [1.165, 1.54) is 18.2 Å². The zero-order chi connectivity index (χ0) is 20.0. The first-order valence-corrected chi connectivity index (χ1v) is 8.56. The third kappa shape index (κ3) is 3.35. The van der Waals surface area contributed by atoms with Crippen LogP contribution in [0.1, 0.15) is 27.9 Å². The van der Waals surface area contributed by atoms with Crippen LogP contribution in [0, 0.1) is 0 Å². The van der Waals surface area contributed by atoms with Crippen molar-refractivity contribution in [1.29, 1.82) is 0 Å². The summed E-state index contributed by atoms with van der Waals surface area (Å²) in [5.41, 5.74) is 2.22. The molecule has 1 aliphatic heterocycles. The number of carbonyl (C=O) groups excluding carboxylic acids is 1. The van der Waals surface area contributed by atoms with Gasteiger partial charge in [-0.25, -0.2) is 0 Å². The predicted octanol–water partition coefficient (Wildman–Crippen LogP) is 5.33. The Morgan fingerprint density at radius 3 is 2.30 bits per heavy atom. The summed E-state index contributed by atoms with van der Waals surface area (Å²) in [6.45, 7) is 0. The van der Waals surface area contributed by atoms with E-state index < -0.39 is 24.1 Å². The summed E-state index contributed by atoms with van der Waals surface area (Å²) >= 11 is 17.6. The van der Waals surface area contributed by atoms with Crippen molar-refractivity contribution in [3.8, 4) is 0 Å². The third-order valence-corrected chi connectivity index (χ3v) is 5.34. The van der Waals surface area contributed by atoms with Crippen molar-refractivity contribution < 1.29 is 22.8 Å². The van der Waals surface area contributed by atoms with Crippen molar-refractivity contribution in [1.82, 2.24) is 0 Å². The molecule has 2 N–H and O–H groups in total. The standard InChI is InChI=1S/C17H10Cl3F3N2O2/c18-11-5-8(6-12(19)14(11)20)16(17(21,22)23)7-13(25-27-16)9-3-1-2-4-10(9)15(24)26/h1-6H,7H2,(H2,24,26). The molecule has 3 rings (SSSR count). The molecule has 0 aromatic heterocycles. The van der Waals surface area contributed by atoms with Gasteiger partial charge in [-0.2, -0.15) is 13.2 Å². The predicted molar refractivity (Wildman–Crippen MR) is 96.4 cm³/mol. The lowest BCUT2D eigenvalue weighted by atomic mass is 9.85. The Bertz CT molecular complexity index is 940. The number of halogens is 6. The zero-order valence-corrected chi connectivity index (χ0v) is 15.5. The Balaban J connectivity index is 2.11. The van der Waals surface area contributed by atoms with Gasteiger partial charge in [0.1, 0.15) is 0 Å². The minimum Gasteiger partial charge on any atom is -0.374 e. The first-order chi connectivity index (χ1) is 12.6. The molecule has 0 saturated carbocycles. The molecule has 0 fully saturated rings. The second-order valence-electron chi connectivity index (χ2n) is 5.79. The van der Waals surface area contributed by atoms with E-state index in [-0.39, 0.29) is 37.5 Å². The Morgan fingerprint density at radius 2 is 1.74 bits per heavy atom. The normalized spacial score (nSPS) is 19.6. The lowest BCUT2D eigenvalue weighted by Crippen LogP contribution is -2.42. The number of nitrogens with two attached hydrogens (primary N) is 1. The molecule has 1 atom stereocenters. The van der Waals surface area contributed by atoms with Crippen LogP contribution in [-0.4, -0.2) is 17.8 Å². The third-order valence-electron chi connectivity index (χ3n) is 4.14. The minimum atomic E-state index is -4.86. The molecule has 27 heavy (non-hydrogen) atoms. The van der Waals surface area contributed by atoms with Gasteiger partial charge in [0.2, 0.25) is 5.91 Å². The number of oxime groups is 1. The van der Waals surface area contributed by atoms with E-state index in [9.17, 15) is 18.0 Å². The lowest BCUT2D eigenvalue weighted by molar-refractivity contribution is -0.275. The van der Waals surface area contributed by atoms with Crippen LogP contribution in [-0.2, 0) is 10.4 Å². The maximum Gasteiger partial charge on any atom is 0.435 e. The van der Waals surface area contributed by atoms with Crippen molar-refractivity contribution >= 4 is 46.4 Å². The maximum absolute atomic E-state index is 14.0. The molecule has 1 amide bonds. The number of rotatable bonds is 3. The summed E-state index contributed by atoms with van der Waals surface area (Å²) in [5.74, 6) is -0.796. The average Bonchev–Trinajstić information content (AvgIpc) is 3.05. The number of amides is 1. The summed E-state index contributed by atoms with van der Waals surface area (Å²) in [5, 5.41) is 3.21. The monoisotopic (exact) mass is 436 g/mol. The Labute approximate surface area is 166 Å². The van der Waals surface area contributed by atoms with Gasteiger partial charge in [0.05, 0.1) is 20.8 Å². The highest BCUT2D eigenvalue weighted by atomic mass is 35.5. The molecule has 0 saturated heterocycles. The molecule has 0 spiro atoms. The Hall–Kier alpha value is -1.96. The van der Waals surface area contributed by atoms with Gasteiger partial charge < -0.3 is 10.6 Å². The van der Waals surface area contributed by atoms with Gasteiger partial charge in [0.15, 0.2) is 0 Å². The van der Waals surface area contributed by atoms with Gasteiger partial charge in [-0.05, 0) is 18.2 Å². The highest BCUT2D eigenvalue weighted by Gasteiger charge is 2.62. The fraction of sp³-hybridized carbons (Fsp3) is 0.176. The van der Waals surface area contributed by atoms with Gasteiger partial charge in [-0.3, -0.25) is 4.79 Å². The Morgan fingerprint density at radius 1 is 1.15 bits per heavy atom. The number of primary amides is 1. The van der Waals surface area contributed by atoms with E-state index in [2.05, 4.69) is 5.16 Å². The second kappa shape index (κ2) is 6.89. The molecule has 0 radical (unpaired) electrons. The highest BCUT2D eigenvalue weighted by Crippen LogP contribution is 2.50. The van der Waals surface area contributed by atoms with E-state index >= 15 is 0 Å². The summed E-state index contributed by atoms with van der Waals surface area (Å²) in [6, 6.07) is 7.98. The molecular weight excluding hydrogens is 428 g/mol. The summed E-state index contributed by atoms with van der Waals surface area (Å²) < 4.78 is 42.0. The molecule has 1 unspecified atom stereocenters. The fourth-order valence-electron chi connectivity index (χ4n) is 2.79. The minimum absolute atomic E-state index is 0.0324. The van der Waals surface area contributed by atoms with E-state index in [0.717, 1.165) is 12.1 Å². The number of hydrogen-bond donors (Lipinski definition) is 1. The molecule has 10 heteroatoms. The van der Waals surface area contributed by atoms with Crippen LogP contribution < -0.4 is 5.73 Å². The largest absolute Gasteiger partial charge is 0.435 e. The zero-order valence-electron chi connectivity index (χ0n) is 13.3. The number of nitrogens with zero attached hydrogens (tertiary/aromatic N) is 1. The molecule has 1 heterocycles. The lowest BCUT2D eigenvalue weighted by Gasteiger charge is -2.30. The van der Waals surface area contributed by atoms with E-state index in [1.807, 2.05) is 0 Å². The molecule has 0 bridgehead atoms. The van der Waals surface area contributed by atoms with Crippen LogP contribution >= 0.6 is 34.8 Å². The van der Waals surface area contributed by atoms with Crippen molar-refractivity contribution in [2.75, 3.05) is 0 Å². The van der Waals surface area contributed by atoms with Crippen molar-refractivity contribution in [3.63, 3.8) is 0 Å². The van der Waals surface area contributed by atoms with Gasteiger partial charge in [-0.1, -0.05) is 58.2 Å². The van der Waals surface area contributed by atoms with Crippen LogP contribution in [0.3, 0.4) is 0 Å². The summed E-state index contributed by atoms with van der Waals surface area (Å²) in [7, 11) is 0. The van der Waals surface area contributed by atoms with E-state index in [1.54, 1.807) is 6.07 Å². The summed E-state index contributed by atoms with van der Waals surface area (Å²) in [6.07, 6.45) is -5.56. The van der Waals surface area contributed by atoms with Crippen LogP contribution in [0.15, 0.2) is 41.6 Å². The van der Waals surface area contributed by atoms with E-state index in [0.29, 0.717) is 0 Å². The first kappa shape index (κ1) is 19.8. The second-order valence-corrected chi connectivity index (χ2v) is 6.99. The van der Waals surface area contributed by atoms with E-state index in [4.69, 9.17) is 45.4 Å². The SMILES string of the molecule is NC(=O)c1ccccc1C1=NOC(c2cc(Cl)c(Cl)c(Cl)c2)(C(F)(F)F)C1. The Kier molecular flexibility index (Phi) is 5.05. The first-order valence-electron chi connectivity index (χ1n) is 7.43. The molecule has 4 nitrogen and oxygen atoms in total. The van der Waals surface area contributed by atoms with Crippen molar-refractivity contribution in [2.24, 2.45) is 10.9 Å². The molecule has 0 aliphatic carbocycles. The average molecular weight is 438 g/mol. The van der Waals surface area contributed by atoms with Crippen LogP contribution in [0.25, 0.3) is 0 Å². The smallest absolute Gasteiger partial charge is 0.374 e. The number of alkyl halides is 3. The van der Waals surface area contributed by atoms with Gasteiger partial charge in [0.25, 0.3) is 5.60 Å². The quantitative estimate of drug-likeness (QED) is 0.660. The molecule has 2 aromatic carbocycles. The summed E-state index contributed by atoms with van der Waals surface area (Å²) in [4.78, 5) is 16.5. The highest BCUT2D eigenvalue weighted by molar-refractivity contribution is 6.48. The van der Waals surface area contributed by atoms with Crippen LogP contribution in [0.2, 0.25) is 15.1 Å². The molecule has 1 aliphatic rings.